The molecular formula is C23H30O2S. The van der Waals surface area contributed by atoms with E-state index in [-0.39, 0.29) is 12.4 Å². The smallest absolute Gasteiger partial charge is 0.152 e. The maximum Gasteiger partial charge on any atom is 0.152 e. The summed E-state index contributed by atoms with van der Waals surface area (Å²) in [6.07, 6.45) is 7.55. The number of rotatable bonds is 5. The molecule has 2 nitrogen and oxygen atoms in total. The van der Waals surface area contributed by atoms with E-state index in [0.29, 0.717) is 0 Å². The number of benzene rings is 1. The average Bonchev–Trinajstić information content (AvgIpc) is 3.16. The number of ketones is 1. The van der Waals surface area contributed by atoms with E-state index in [2.05, 4.69) is 43.2 Å². The normalized spacial score (nSPS) is 10.1. The number of carbonyl (C=O) groups excluding carboxylic acids is 1. The van der Waals surface area contributed by atoms with Gasteiger partial charge in [0.1, 0.15) is 0 Å². The van der Waals surface area contributed by atoms with Crippen LogP contribution in [-0.2, 0) is 4.79 Å². The van der Waals surface area contributed by atoms with Crippen molar-refractivity contribution in [2.45, 2.75) is 34.6 Å². The number of carbonyl (C=O) groups is 1. The van der Waals surface area contributed by atoms with Crippen LogP contribution in [0.15, 0.2) is 54.4 Å². The second-order valence-electron chi connectivity index (χ2n) is 5.21. The Morgan fingerprint density at radius 3 is 2.35 bits per heavy atom. The van der Waals surface area contributed by atoms with E-state index in [1.54, 1.807) is 31.3 Å². The number of aliphatic hydroxyl groups excluding tert-OH is 1. The van der Waals surface area contributed by atoms with Crippen molar-refractivity contribution in [3.8, 4) is 0 Å². The average molecular weight is 371 g/mol. The molecule has 0 aliphatic carbocycles. The Labute approximate surface area is 162 Å². The molecule has 1 aromatic carbocycles. The molecule has 140 valence electrons. The van der Waals surface area contributed by atoms with Crippen molar-refractivity contribution in [2.24, 2.45) is 0 Å². The van der Waals surface area contributed by atoms with Gasteiger partial charge in [0.2, 0.25) is 0 Å². The van der Waals surface area contributed by atoms with Gasteiger partial charge in [0.15, 0.2) is 5.78 Å². The molecule has 0 unspecified atom stereocenters. The largest absolute Gasteiger partial charge is 0.397 e. The van der Waals surface area contributed by atoms with E-state index in [9.17, 15) is 4.79 Å². The third-order valence-corrected chi connectivity index (χ3v) is 4.05. The van der Waals surface area contributed by atoms with Gasteiger partial charge in [-0.1, -0.05) is 62.9 Å². The van der Waals surface area contributed by atoms with E-state index in [1.807, 2.05) is 38.1 Å². The van der Waals surface area contributed by atoms with E-state index >= 15 is 0 Å². The molecule has 3 heteroatoms. The molecule has 0 bridgehead atoms. The van der Waals surface area contributed by atoms with Gasteiger partial charge in [-0.05, 0) is 60.6 Å². The quantitative estimate of drug-likeness (QED) is 0.488. The van der Waals surface area contributed by atoms with Crippen molar-refractivity contribution < 1.29 is 9.90 Å². The predicted molar refractivity (Wildman–Crippen MR) is 117 cm³/mol. The molecule has 2 aromatic rings. The molecule has 0 amide bonds. The topological polar surface area (TPSA) is 37.3 Å². The molecule has 1 heterocycles. The highest BCUT2D eigenvalue weighted by Gasteiger charge is 1.98. The zero-order chi connectivity index (χ0) is 19.9. The molecule has 0 aliphatic rings. The fourth-order valence-electron chi connectivity index (χ4n) is 1.94. The van der Waals surface area contributed by atoms with E-state index < -0.39 is 0 Å². The van der Waals surface area contributed by atoms with Crippen LogP contribution in [0.25, 0.3) is 17.7 Å². The second kappa shape index (κ2) is 14.0. The van der Waals surface area contributed by atoms with Crippen LogP contribution in [0.4, 0.5) is 0 Å². The molecule has 0 saturated heterocycles. The van der Waals surface area contributed by atoms with Crippen molar-refractivity contribution in [3.05, 3.63) is 76.0 Å². The lowest BCUT2D eigenvalue weighted by Gasteiger charge is -2.03. The lowest BCUT2D eigenvalue weighted by molar-refractivity contribution is -0.112. The summed E-state index contributed by atoms with van der Waals surface area (Å²) < 4.78 is 0. The third-order valence-electron chi connectivity index (χ3n) is 3.11. The Bertz CT molecular complexity index is 723. The van der Waals surface area contributed by atoms with Gasteiger partial charge < -0.3 is 5.11 Å². The Morgan fingerprint density at radius 1 is 1.19 bits per heavy atom. The molecule has 1 N–H and O–H groups in total. The fourth-order valence-corrected chi connectivity index (χ4v) is 2.62. The summed E-state index contributed by atoms with van der Waals surface area (Å²) in [7, 11) is 0. The number of aliphatic hydroxyl groups is 1. The van der Waals surface area contributed by atoms with Gasteiger partial charge in [-0.3, -0.25) is 4.79 Å². The summed E-state index contributed by atoms with van der Waals surface area (Å²) >= 11 is 1.69. The summed E-state index contributed by atoms with van der Waals surface area (Å²) in [6, 6.07) is 10.3. The van der Waals surface area contributed by atoms with Crippen molar-refractivity contribution in [1.82, 2.24) is 0 Å². The first-order valence-corrected chi connectivity index (χ1v) is 9.67. The first-order valence-electron chi connectivity index (χ1n) is 8.79. The summed E-state index contributed by atoms with van der Waals surface area (Å²) in [5.74, 6) is 0.0591. The Balaban J connectivity index is 0.00000113. The SMILES string of the molecule is C=C(/C=C/c1ccc(/C=C/C(C)=O)cc1C)c1cccs1.CC.CCO. The third kappa shape index (κ3) is 9.30. The van der Waals surface area contributed by atoms with Gasteiger partial charge in [-0.15, -0.1) is 11.3 Å². The lowest BCUT2D eigenvalue weighted by atomic mass is 10.0. The van der Waals surface area contributed by atoms with Crippen molar-refractivity contribution in [3.63, 3.8) is 0 Å². The minimum atomic E-state index is 0.0591. The minimum absolute atomic E-state index is 0.0591. The monoisotopic (exact) mass is 370 g/mol. The summed E-state index contributed by atoms with van der Waals surface area (Å²) in [5.41, 5.74) is 4.39. The second-order valence-corrected chi connectivity index (χ2v) is 6.16. The van der Waals surface area contributed by atoms with Crippen LogP contribution in [-0.4, -0.2) is 17.5 Å². The van der Waals surface area contributed by atoms with Gasteiger partial charge in [0, 0.05) is 11.5 Å². The molecule has 0 fully saturated rings. The maximum absolute atomic E-state index is 11.0. The first kappa shape index (κ1) is 23.8. The van der Waals surface area contributed by atoms with Crippen LogP contribution in [0, 0.1) is 6.92 Å². The standard InChI is InChI=1S/C19H18OS.C2H6O.C2H6/c1-14(19-5-4-12-21-19)6-10-18-11-9-17(13-15(18)2)8-7-16(3)20;1-2-3;1-2/h4-13H,1H2,2-3H3;3H,2H2,1H3;1-2H3/b8-7+,10-6+;;. The van der Waals surface area contributed by atoms with Crippen LogP contribution >= 0.6 is 11.3 Å². The van der Waals surface area contributed by atoms with Gasteiger partial charge >= 0.3 is 0 Å². The number of thiophene rings is 1. The molecule has 0 saturated carbocycles. The predicted octanol–water partition coefficient (Wildman–Crippen LogP) is 6.41. The molecule has 0 radical (unpaired) electrons. The van der Waals surface area contributed by atoms with E-state index in [4.69, 9.17) is 5.11 Å². The molecule has 0 aliphatic heterocycles. The van der Waals surface area contributed by atoms with Crippen molar-refractivity contribution in [2.75, 3.05) is 6.61 Å². The first-order chi connectivity index (χ1) is 12.5. The van der Waals surface area contributed by atoms with Crippen LogP contribution in [0.1, 0.15) is 49.3 Å². The molecule has 1 aromatic heterocycles. The highest BCUT2D eigenvalue weighted by atomic mass is 32.1. The Morgan fingerprint density at radius 2 is 1.85 bits per heavy atom. The minimum Gasteiger partial charge on any atom is -0.397 e. The van der Waals surface area contributed by atoms with Gasteiger partial charge in [0.05, 0.1) is 0 Å². The number of allylic oxidation sites excluding steroid dienone is 3. The van der Waals surface area contributed by atoms with E-state index in [1.165, 1.54) is 10.4 Å². The van der Waals surface area contributed by atoms with Gasteiger partial charge in [-0.25, -0.2) is 0 Å². The summed E-state index contributed by atoms with van der Waals surface area (Å²) in [4.78, 5) is 12.1. The molecule has 0 atom stereocenters. The zero-order valence-corrected chi connectivity index (χ0v) is 17.3. The number of aryl methyl sites for hydroxylation is 1. The van der Waals surface area contributed by atoms with Crippen LogP contribution in [0.2, 0.25) is 0 Å². The molecule has 0 spiro atoms. The Kier molecular flexibility index (Phi) is 12.8. The van der Waals surface area contributed by atoms with E-state index in [0.717, 1.165) is 16.7 Å². The van der Waals surface area contributed by atoms with Crippen LogP contribution in [0.5, 0.6) is 0 Å². The van der Waals surface area contributed by atoms with Crippen LogP contribution in [0.3, 0.4) is 0 Å². The zero-order valence-electron chi connectivity index (χ0n) is 16.5. The van der Waals surface area contributed by atoms with Gasteiger partial charge in [0.25, 0.3) is 0 Å². The summed E-state index contributed by atoms with van der Waals surface area (Å²) in [6.45, 7) is 13.6. The lowest BCUT2D eigenvalue weighted by Crippen LogP contribution is -1.84. The summed E-state index contributed by atoms with van der Waals surface area (Å²) in [5, 5.41) is 9.62. The fraction of sp³-hybridized carbons (Fsp3) is 0.261. The van der Waals surface area contributed by atoms with Crippen molar-refractivity contribution >= 4 is 34.8 Å². The number of hydrogen-bond acceptors (Lipinski definition) is 3. The molecule has 2 rings (SSSR count). The van der Waals surface area contributed by atoms with Gasteiger partial charge in [-0.2, -0.15) is 0 Å². The maximum atomic E-state index is 11.0. The Hall–Kier alpha value is -2.23. The van der Waals surface area contributed by atoms with Crippen molar-refractivity contribution in [1.29, 1.82) is 0 Å². The highest BCUT2D eigenvalue weighted by molar-refractivity contribution is 7.11. The van der Waals surface area contributed by atoms with Crippen LogP contribution < -0.4 is 0 Å². The highest BCUT2D eigenvalue weighted by Crippen LogP contribution is 2.21. The molecular weight excluding hydrogens is 340 g/mol. The number of hydrogen-bond donors (Lipinski definition) is 1. The molecule has 26 heavy (non-hydrogen) atoms.